The van der Waals surface area contributed by atoms with Gasteiger partial charge in [0.1, 0.15) is 11.4 Å². The molecular formula is C16H13F2N3O2. The van der Waals surface area contributed by atoms with Crippen molar-refractivity contribution in [3.8, 4) is 28.6 Å². The zero-order valence-corrected chi connectivity index (χ0v) is 12.1. The third-order valence-electron chi connectivity index (χ3n) is 3.29. The minimum atomic E-state index is -2.68. The normalized spacial score (nSPS) is 11.0. The molecule has 3 aromatic rings. The summed E-state index contributed by atoms with van der Waals surface area (Å²) >= 11 is 0. The van der Waals surface area contributed by atoms with E-state index in [2.05, 4.69) is 10.1 Å². The van der Waals surface area contributed by atoms with Crippen LogP contribution in [0.5, 0.6) is 11.6 Å². The van der Waals surface area contributed by atoms with Gasteiger partial charge in [-0.1, -0.05) is 0 Å². The number of aromatic hydroxyl groups is 1. The van der Waals surface area contributed by atoms with E-state index in [9.17, 15) is 13.9 Å². The van der Waals surface area contributed by atoms with E-state index in [1.807, 2.05) is 0 Å². The molecule has 0 saturated carbocycles. The molecule has 0 aliphatic carbocycles. The minimum Gasteiger partial charge on any atom is -0.508 e. The zero-order valence-electron chi connectivity index (χ0n) is 12.1. The van der Waals surface area contributed by atoms with E-state index in [-0.39, 0.29) is 11.4 Å². The van der Waals surface area contributed by atoms with Crippen LogP contribution >= 0.6 is 0 Å². The van der Waals surface area contributed by atoms with Crippen LogP contribution in [0.25, 0.3) is 16.9 Å². The number of benzene rings is 1. The molecule has 7 heteroatoms. The molecule has 0 fully saturated rings. The maximum atomic E-state index is 13.0. The van der Waals surface area contributed by atoms with Gasteiger partial charge < -0.3 is 9.84 Å². The Balaban J connectivity index is 2.12. The van der Waals surface area contributed by atoms with Crippen molar-refractivity contribution in [1.29, 1.82) is 0 Å². The van der Waals surface area contributed by atoms with Crippen molar-refractivity contribution < 1.29 is 18.6 Å². The predicted octanol–water partition coefficient (Wildman–Crippen LogP) is 3.59. The third-order valence-corrected chi connectivity index (χ3v) is 3.29. The summed E-state index contributed by atoms with van der Waals surface area (Å²) in [7, 11) is 1.49. The van der Waals surface area contributed by atoms with Gasteiger partial charge in [0, 0.05) is 11.6 Å². The van der Waals surface area contributed by atoms with Crippen LogP contribution in [0.2, 0.25) is 0 Å². The Morgan fingerprint density at radius 1 is 1.13 bits per heavy atom. The molecule has 0 unspecified atom stereocenters. The van der Waals surface area contributed by atoms with Crippen LogP contribution in [-0.4, -0.2) is 27.0 Å². The molecule has 23 heavy (non-hydrogen) atoms. The molecule has 0 radical (unpaired) electrons. The Labute approximate surface area is 130 Å². The van der Waals surface area contributed by atoms with E-state index in [4.69, 9.17) is 4.74 Å². The molecule has 0 saturated heterocycles. The average molecular weight is 317 g/mol. The second-order valence-electron chi connectivity index (χ2n) is 4.77. The molecule has 0 aliphatic heterocycles. The molecule has 0 atom stereocenters. The highest BCUT2D eigenvalue weighted by Gasteiger charge is 2.18. The van der Waals surface area contributed by atoms with Gasteiger partial charge in [0.05, 0.1) is 24.7 Å². The predicted molar refractivity (Wildman–Crippen MR) is 80.0 cm³/mol. The molecule has 0 bridgehead atoms. The number of hydrogen-bond donors (Lipinski definition) is 1. The summed E-state index contributed by atoms with van der Waals surface area (Å²) in [5.74, 6) is 0.515. The van der Waals surface area contributed by atoms with Gasteiger partial charge in [-0.3, -0.25) is 0 Å². The maximum Gasteiger partial charge on any atom is 0.282 e. The number of nitrogens with zero attached hydrogens (tertiary/aromatic N) is 3. The fourth-order valence-electron chi connectivity index (χ4n) is 2.16. The van der Waals surface area contributed by atoms with Crippen LogP contribution in [0.1, 0.15) is 12.1 Å². The van der Waals surface area contributed by atoms with Crippen LogP contribution < -0.4 is 4.74 Å². The second-order valence-corrected chi connectivity index (χ2v) is 4.77. The Bertz CT molecular complexity index is 799. The van der Waals surface area contributed by atoms with Crippen molar-refractivity contribution in [3.05, 3.63) is 54.4 Å². The number of ether oxygens (including phenoxy) is 1. The highest BCUT2D eigenvalue weighted by atomic mass is 19.3. The first kappa shape index (κ1) is 15.0. The monoisotopic (exact) mass is 317 g/mol. The smallest absolute Gasteiger partial charge is 0.282 e. The standard InChI is InChI=1S/C16H13F2N3O2/c1-23-15-7-4-11(9-19-15)21-14(8-13(20-21)16(17)18)10-2-5-12(22)6-3-10/h2-9,16,22H,1H3. The maximum absolute atomic E-state index is 13.0. The third kappa shape index (κ3) is 2.98. The van der Waals surface area contributed by atoms with E-state index in [1.165, 1.54) is 36.2 Å². The molecule has 118 valence electrons. The fourth-order valence-corrected chi connectivity index (χ4v) is 2.16. The summed E-state index contributed by atoms with van der Waals surface area (Å²) < 4.78 is 32.4. The molecule has 0 amide bonds. The SMILES string of the molecule is COc1ccc(-n2nc(C(F)F)cc2-c2ccc(O)cc2)cn1. The number of phenols is 1. The summed E-state index contributed by atoms with van der Waals surface area (Å²) in [4.78, 5) is 4.07. The zero-order chi connectivity index (χ0) is 16.4. The molecule has 2 aromatic heterocycles. The van der Waals surface area contributed by atoms with Crippen molar-refractivity contribution in [3.63, 3.8) is 0 Å². The Morgan fingerprint density at radius 2 is 1.87 bits per heavy atom. The first-order valence-corrected chi connectivity index (χ1v) is 6.76. The molecule has 1 N–H and O–H groups in total. The van der Waals surface area contributed by atoms with Crippen molar-refractivity contribution in [1.82, 2.24) is 14.8 Å². The van der Waals surface area contributed by atoms with Gasteiger partial charge in [-0.2, -0.15) is 5.10 Å². The Hall–Kier alpha value is -2.96. The molecule has 5 nitrogen and oxygen atoms in total. The second kappa shape index (κ2) is 6.04. The lowest BCUT2D eigenvalue weighted by molar-refractivity contribution is 0.145. The van der Waals surface area contributed by atoms with Crippen LogP contribution in [0.3, 0.4) is 0 Å². The molecule has 2 heterocycles. The number of halogens is 2. The van der Waals surface area contributed by atoms with E-state index in [0.29, 0.717) is 22.8 Å². The molecule has 0 spiro atoms. The summed E-state index contributed by atoms with van der Waals surface area (Å²) in [6.45, 7) is 0. The fraction of sp³-hybridized carbons (Fsp3) is 0.125. The van der Waals surface area contributed by atoms with Crippen molar-refractivity contribution in [2.75, 3.05) is 7.11 Å². The van der Waals surface area contributed by atoms with E-state index < -0.39 is 6.43 Å². The van der Waals surface area contributed by atoms with Crippen LogP contribution in [0.15, 0.2) is 48.7 Å². The Morgan fingerprint density at radius 3 is 2.43 bits per heavy atom. The molecular weight excluding hydrogens is 304 g/mol. The topological polar surface area (TPSA) is 60.2 Å². The van der Waals surface area contributed by atoms with E-state index in [1.54, 1.807) is 24.3 Å². The van der Waals surface area contributed by atoms with Gasteiger partial charge in [0.2, 0.25) is 5.88 Å². The van der Waals surface area contributed by atoms with Gasteiger partial charge in [-0.25, -0.2) is 18.4 Å². The number of hydrogen-bond acceptors (Lipinski definition) is 4. The van der Waals surface area contributed by atoms with Gasteiger partial charge in [0.15, 0.2) is 0 Å². The van der Waals surface area contributed by atoms with Crippen molar-refractivity contribution in [2.24, 2.45) is 0 Å². The molecule has 0 aliphatic rings. The number of pyridine rings is 1. The van der Waals surface area contributed by atoms with Gasteiger partial charge in [0.25, 0.3) is 6.43 Å². The number of phenolic OH excluding ortho intramolecular Hbond substituents is 1. The van der Waals surface area contributed by atoms with Gasteiger partial charge >= 0.3 is 0 Å². The highest BCUT2D eigenvalue weighted by Crippen LogP contribution is 2.29. The van der Waals surface area contributed by atoms with E-state index >= 15 is 0 Å². The average Bonchev–Trinajstić information content (AvgIpc) is 3.01. The first-order chi connectivity index (χ1) is 11.1. The quantitative estimate of drug-likeness (QED) is 0.799. The first-order valence-electron chi connectivity index (χ1n) is 6.76. The lowest BCUT2D eigenvalue weighted by atomic mass is 10.1. The van der Waals surface area contributed by atoms with Gasteiger partial charge in [-0.05, 0) is 36.4 Å². The largest absolute Gasteiger partial charge is 0.508 e. The highest BCUT2D eigenvalue weighted by molar-refractivity contribution is 5.63. The van der Waals surface area contributed by atoms with E-state index in [0.717, 1.165) is 0 Å². The lowest BCUT2D eigenvalue weighted by Crippen LogP contribution is -2.01. The van der Waals surface area contributed by atoms with Crippen molar-refractivity contribution in [2.45, 2.75) is 6.43 Å². The molecule has 3 rings (SSSR count). The summed E-state index contributed by atoms with van der Waals surface area (Å²) in [6.07, 6.45) is -1.19. The summed E-state index contributed by atoms with van der Waals surface area (Å²) in [6, 6.07) is 10.9. The number of aromatic nitrogens is 3. The Kier molecular flexibility index (Phi) is 3.92. The van der Waals surface area contributed by atoms with Crippen molar-refractivity contribution >= 4 is 0 Å². The number of alkyl halides is 2. The number of methoxy groups -OCH3 is 1. The molecule has 1 aromatic carbocycles. The lowest BCUT2D eigenvalue weighted by Gasteiger charge is -2.08. The van der Waals surface area contributed by atoms with Crippen LogP contribution in [0.4, 0.5) is 8.78 Å². The summed E-state index contributed by atoms with van der Waals surface area (Å²) in [5.41, 5.74) is 1.33. The number of rotatable bonds is 4. The van der Waals surface area contributed by atoms with Crippen LogP contribution in [-0.2, 0) is 0 Å². The van der Waals surface area contributed by atoms with Gasteiger partial charge in [-0.15, -0.1) is 0 Å². The minimum absolute atomic E-state index is 0.0972. The van der Waals surface area contributed by atoms with Crippen LogP contribution in [0, 0.1) is 0 Å². The summed E-state index contributed by atoms with van der Waals surface area (Å²) in [5, 5.41) is 13.3.